The molecule has 0 spiro atoms. The van der Waals surface area contributed by atoms with Crippen LogP contribution >= 0.6 is 0 Å². The van der Waals surface area contributed by atoms with Crippen LogP contribution in [0.1, 0.15) is 52.7 Å². The van der Waals surface area contributed by atoms with Gasteiger partial charge in [-0.15, -0.1) is 0 Å². The Hall–Kier alpha value is -3.48. The summed E-state index contributed by atoms with van der Waals surface area (Å²) in [6.07, 6.45) is -0.400. The molecule has 1 aromatic heterocycles. The van der Waals surface area contributed by atoms with Gasteiger partial charge in [0.2, 0.25) is 0 Å². The molecule has 2 fully saturated rings. The molecule has 0 saturated carbocycles. The number of nitrogens with one attached hydrogen (secondary N) is 1. The molecule has 0 bridgehead atoms. The molecule has 1 N–H and O–H groups in total. The number of ether oxygens (including phenoxy) is 4. The highest BCUT2D eigenvalue weighted by Crippen LogP contribution is 2.35. The highest BCUT2D eigenvalue weighted by molar-refractivity contribution is 6.30. The zero-order chi connectivity index (χ0) is 24.8. The van der Waals surface area contributed by atoms with Gasteiger partial charge in [0, 0.05) is 18.7 Å². The van der Waals surface area contributed by atoms with Crippen LogP contribution in [0.15, 0.2) is 17.1 Å². The quantitative estimate of drug-likeness (QED) is 0.163. The van der Waals surface area contributed by atoms with Crippen molar-refractivity contribution >= 4 is 29.7 Å². The Balaban J connectivity index is 1.72. The number of unbranched alkanes of at least 4 members (excludes halogenated alkanes) is 2. The van der Waals surface area contributed by atoms with Gasteiger partial charge in [-0.25, -0.2) is 24.7 Å². The van der Waals surface area contributed by atoms with Crippen molar-refractivity contribution < 1.29 is 43.0 Å². The zero-order valence-corrected chi connectivity index (χ0v) is 19.1. The van der Waals surface area contributed by atoms with Gasteiger partial charge in [-0.1, -0.05) is 33.6 Å². The number of carbonyl (C=O) groups excluding carboxylic acids is 4. The lowest BCUT2D eigenvalue weighted by Gasteiger charge is -2.28. The third kappa shape index (κ3) is 5.90. The van der Waals surface area contributed by atoms with E-state index in [9.17, 15) is 24.0 Å². The van der Waals surface area contributed by atoms with Gasteiger partial charge in [-0.05, 0) is 6.42 Å². The number of carbonyl (C=O) groups is 4. The van der Waals surface area contributed by atoms with Crippen LogP contribution < -0.4 is 11.2 Å². The molecule has 0 aliphatic carbocycles. The van der Waals surface area contributed by atoms with Crippen LogP contribution in [-0.4, -0.2) is 58.3 Å². The van der Waals surface area contributed by atoms with E-state index in [1.54, 1.807) is 13.8 Å². The highest BCUT2D eigenvalue weighted by atomic mass is 16.7. The summed E-state index contributed by atoms with van der Waals surface area (Å²) in [5.41, 5.74) is 1.47. The molecule has 2 aliphatic heterocycles. The van der Waals surface area contributed by atoms with Crippen molar-refractivity contribution in [3.8, 4) is 0 Å². The molecule has 0 radical (unpaired) electrons. The van der Waals surface area contributed by atoms with Gasteiger partial charge in [0.15, 0.2) is 24.3 Å². The molecule has 2 unspecified atom stereocenters. The smallest absolute Gasteiger partial charge is 0.418 e. The topological polar surface area (TPSA) is 161 Å². The first kappa shape index (κ1) is 25.1. The van der Waals surface area contributed by atoms with Crippen molar-refractivity contribution in [2.75, 3.05) is 12.1 Å². The fraction of sp³-hybridized carbons (Fsp3) is 0.619. The molecule has 4 atom stereocenters. The van der Waals surface area contributed by atoms with Crippen LogP contribution in [-0.2, 0) is 43.0 Å². The Morgan fingerprint density at radius 3 is 2.50 bits per heavy atom. The molecule has 3 rings (SSSR count). The maximum Gasteiger partial charge on any atom is 0.418 e. The van der Waals surface area contributed by atoms with Gasteiger partial charge < -0.3 is 23.8 Å². The van der Waals surface area contributed by atoms with E-state index in [1.165, 1.54) is 12.3 Å². The minimum absolute atomic E-state index is 0.0329. The molecule has 3 heterocycles. The number of hydrogen-bond donors (Lipinski definition) is 1. The van der Waals surface area contributed by atoms with Gasteiger partial charge in [0.1, 0.15) is 12.7 Å². The van der Waals surface area contributed by atoms with E-state index in [4.69, 9.17) is 23.8 Å². The molecule has 0 aromatic carbocycles. The summed E-state index contributed by atoms with van der Waals surface area (Å²) in [5, 5.41) is 0. The normalized spacial score (nSPS) is 23.6. The van der Waals surface area contributed by atoms with E-state index in [2.05, 4.69) is 10.5 Å². The van der Waals surface area contributed by atoms with Crippen molar-refractivity contribution in [1.82, 2.24) is 9.55 Å². The predicted octanol–water partition coefficient (Wildman–Crippen LogP) is 0.628. The molecule has 2 saturated heterocycles. The number of anilines is 1. The summed E-state index contributed by atoms with van der Waals surface area (Å²) in [5.74, 6) is -3.85. The molecule has 13 nitrogen and oxygen atoms in total. The van der Waals surface area contributed by atoms with Crippen LogP contribution in [0, 0.1) is 5.92 Å². The molecular formula is C21H27N3O10. The summed E-state index contributed by atoms with van der Waals surface area (Å²) < 4.78 is 22.3. The Morgan fingerprint density at radius 2 is 1.85 bits per heavy atom. The van der Waals surface area contributed by atoms with E-state index >= 15 is 0 Å². The van der Waals surface area contributed by atoms with Crippen LogP contribution in [0.2, 0.25) is 0 Å². The van der Waals surface area contributed by atoms with Crippen molar-refractivity contribution in [1.29, 1.82) is 0 Å². The average Bonchev–Trinajstić information content (AvgIpc) is 3.13. The Kier molecular flexibility index (Phi) is 8.21. The van der Waals surface area contributed by atoms with Gasteiger partial charge >= 0.3 is 29.6 Å². The largest absolute Gasteiger partial charge is 0.463 e. The third-order valence-corrected chi connectivity index (χ3v) is 5.16. The predicted molar refractivity (Wildman–Crippen MR) is 112 cm³/mol. The number of fused-ring (bicyclic) bond motifs is 1. The average molecular weight is 481 g/mol. The standard InChI is InChI=1S/C21H27N3O10/c1-4-5-6-7-14(25)30-10-12-15-16(33-20(28)19(27)32-15)17(31-12)24-9-8-13(22-21(24)29)23-34-18(26)11(2)3/h8-9,11-12,15-17H,4-7,10H2,1-3H3,(H,22,23,29)/t12-,15?,16?,17-/m1/s1. The molecule has 186 valence electrons. The second-order valence-corrected chi connectivity index (χ2v) is 8.13. The summed E-state index contributed by atoms with van der Waals surface area (Å²) >= 11 is 0. The Morgan fingerprint density at radius 1 is 1.15 bits per heavy atom. The second-order valence-electron chi connectivity index (χ2n) is 8.13. The van der Waals surface area contributed by atoms with Crippen molar-refractivity contribution in [2.24, 2.45) is 5.92 Å². The van der Waals surface area contributed by atoms with Crippen molar-refractivity contribution in [3.05, 3.63) is 22.7 Å². The van der Waals surface area contributed by atoms with Gasteiger partial charge in [0.05, 0.1) is 5.92 Å². The van der Waals surface area contributed by atoms with Crippen LogP contribution in [0.4, 0.5) is 5.82 Å². The van der Waals surface area contributed by atoms with E-state index in [0.717, 1.165) is 17.4 Å². The summed E-state index contributed by atoms with van der Waals surface area (Å²) in [4.78, 5) is 68.2. The Bertz CT molecular complexity index is 991. The zero-order valence-electron chi connectivity index (χ0n) is 19.1. The number of rotatable bonds is 10. The molecule has 2 aliphatic rings. The van der Waals surface area contributed by atoms with E-state index in [1.807, 2.05) is 6.92 Å². The monoisotopic (exact) mass is 481 g/mol. The Labute approximate surface area is 194 Å². The van der Waals surface area contributed by atoms with Gasteiger partial charge in [-0.2, -0.15) is 4.98 Å². The molecule has 13 heteroatoms. The fourth-order valence-corrected chi connectivity index (χ4v) is 3.33. The lowest BCUT2D eigenvalue weighted by molar-refractivity contribution is -0.195. The minimum Gasteiger partial charge on any atom is -0.463 e. The maximum absolute atomic E-state index is 12.6. The first-order valence-corrected chi connectivity index (χ1v) is 11.0. The fourth-order valence-electron chi connectivity index (χ4n) is 3.33. The lowest BCUT2D eigenvalue weighted by atomic mass is 10.1. The van der Waals surface area contributed by atoms with Crippen LogP contribution in [0.5, 0.6) is 0 Å². The highest BCUT2D eigenvalue weighted by Gasteiger charge is 2.55. The molecular weight excluding hydrogens is 454 g/mol. The van der Waals surface area contributed by atoms with E-state index in [-0.39, 0.29) is 18.8 Å². The van der Waals surface area contributed by atoms with Crippen LogP contribution in [0.25, 0.3) is 0 Å². The summed E-state index contributed by atoms with van der Waals surface area (Å²) in [7, 11) is 0. The van der Waals surface area contributed by atoms with Gasteiger partial charge in [0.25, 0.3) is 0 Å². The number of hydrogen-bond acceptors (Lipinski definition) is 12. The maximum atomic E-state index is 12.6. The van der Waals surface area contributed by atoms with Crippen molar-refractivity contribution in [2.45, 2.75) is 71.0 Å². The van der Waals surface area contributed by atoms with Crippen molar-refractivity contribution in [3.63, 3.8) is 0 Å². The molecule has 0 amide bonds. The first-order chi connectivity index (χ1) is 16.2. The number of esters is 3. The lowest BCUT2D eigenvalue weighted by Crippen LogP contribution is -2.48. The molecule has 1 aromatic rings. The van der Waals surface area contributed by atoms with Gasteiger partial charge in [-0.3, -0.25) is 9.36 Å². The second kappa shape index (κ2) is 11.1. The number of nitrogens with zero attached hydrogens (tertiary/aromatic N) is 2. The SMILES string of the molecule is CCCCCC(=O)OC[C@H]1O[C@@H](n2ccc(NOC(=O)C(C)C)nc2=O)C2OC(=O)C(=O)OC21. The first-order valence-electron chi connectivity index (χ1n) is 11.0. The third-order valence-electron chi connectivity index (χ3n) is 5.16. The summed E-state index contributed by atoms with van der Waals surface area (Å²) in [6, 6.07) is 1.34. The van der Waals surface area contributed by atoms with Crippen LogP contribution in [0.3, 0.4) is 0 Å². The molecule has 34 heavy (non-hydrogen) atoms. The minimum atomic E-state index is -1.23. The number of aromatic nitrogens is 2. The van der Waals surface area contributed by atoms with E-state index < -0.39 is 60.0 Å². The van der Waals surface area contributed by atoms with E-state index in [0.29, 0.717) is 6.42 Å². The summed E-state index contributed by atoms with van der Waals surface area (Å²) in [6.45, 7) is 5.02.